The van der Waals surface area contributed by atoms with Gasteiger partial charge in [0.15, 0.2) is 11.9 Å². The molecule has 0 saturated heterocycles. The number of amides is 2. The van der Waals surface area contributed by atoms with Gasteiger partial charge in [-0.25, -0.2) is 14.6 Å². The van der Waals surface area contributed by atoms with E-state index in [4.69, 9.17) is 10.2 Å². The number of nitrogens with one attached hydrogen (secondary N) is 2. The Hall–Kier alpha value is -2.16. The fourth-order valence-electron chi connectivity index (χ4n) is 1.13. The van der Waals surface area contributed by atoms with Gasteiger partial charge in [0.1, 0.15) is 6.33 Å². The van der Waals surface area contributed by atoms with Crippen molar-refractivity contribution in [2.75, 3.05) is 6.54 Å². The number of aliphatic hydroxyl groups excluding tert-OH is 1. The second-order valence-electron chi connectivity index (χ2n) is 3.59. The summed E-state index contributed by atoms with van der Waals surface area (Å²) in [5.41, 5.74) is 0. The molecule has 0 fully saturated rings. The average Bonchev–Trinajstić information content (AvgIpc) is 2.72. The molecule has 1 atom stereocenters. The lowest BCUT2D eigenvalue weighted by molar-refractivity contribution is -0.146. The van der Waals surface area contributed by atoms with Gasteiger partial charge < -0.3 is 20.8 Å². The van der Waals surface area contributed by atoms with Gasteiger partial charge in [0.25, 0.3) is 0 Å². The topological polar surface area (TPSA) is 129 Å². The SMILES string of the molecule is Cn1cnc(CNC(=O)NCCC(O)C(=O)O)n1. The second kappa shape index (κ2) is 6.55. The molecule has 0 radical (unpaired) electrons. The van der Waals surface area contributed by atoms with Crippen LogP contribution in [0.15, 0.2) is 6.33 Å². The summed E-state index contributed by atoms with van der Waals surface area (Å²) in [6, 6.07) is -0.472. The minimum Gasteiger partial charge on any atom is -0.479 e. The molecule has 0 aliphatic rings. The zero-order valence-corrected chi connectivity index (χ0v) is 9.83. The smallest absolute Gasteiger partial charge is 0.332 e. The maximum absolute atomic E-state index is 11.3. The van der Waals surface area contributed by atoms with Crippen molar-refractivity contribution in [2.24, 2.45) is 7.05 Å². The van der Waals surface area contributed by atoms with Crippen LogP contribution in [0.5, 0.6) is 0 Å². The van der Waals surface area contributed by atoms with Gasteiger partial charge in [-0.3, -0.25) is 4.68 Å². The van der Waals surface area contributed by atoms with E-state index in [-0.39, 0.29) is 19.5 Å². The van der Waals surface area contributed by atoms with E-state index in [1.807, 2.05) is 0 Å². The van der Waals surface area contributed by atoms with Gasteiger partial charge in [-0.1, -0.05) is 0 Å². The van der Waals surface area contributed by atoms with Crippen LogP contribution in [0.3, 0.4) is 0 Å². The summed E-state index contributed by atoms with van der Waals surface area (Å²) in [7, 11) is 1.71. The summed E-state index contributed by atoms with van der Waals surface area (Å²) in [4.78, 5) is 25.5. The molecule has 4 N–H and O–H groups in total. The van der Waals surface area contributed by atoms with E-state index >= 15 is 0 Å². The molecule has 1 rings (SSSR count). The van der Waals surface area contributed by atoms with Crippen LogP contribution >= 0.6 is 0 Å². The summed E-state index contributed by atoms with van der Waals surface area (Å²) < 4.78 is 1.51. The summed E-state index contributed by atoms with van der Waals surface area (Å²) in [5, 5.41) is 26.2. The van der Waals surface area contributed by atoms with Crippen LogP contribution in [0.2, 0.25) is 0 Å². The zero-order valence-electron chi connectivity index (χ0n) is 9.83. The lowest BCUT2D eigenvalue weighted by atomic mass is 10.2. The Kier molecular flexibility index (Phi) is 5.06. The first-order valence-corrected chi connectivity index (χ1v) is 5.26. The molecular formula is C9H15N5O4. The zero-order chi connectivity index (χ0) is 13.5. The number of carboxylic acid groups (broad SMARTS) is 1. The van der Waals surface area contributed by atoms with Crippen LogP contribution in [0.4, 0.5) is 4.79 Å². The molecule has 0 saturated carbocycles. The molecular weight excluding hydrogens is 242 g/mol. The first-order valence-electron chi connectivity index (χ1n) is 5.26. The molecule has 0 aliphatic carbocycles. The van der Waals surface area contributed by atoms with Gasteiger partial charge in [-0.05, 0) is 0 Å². The highest BCUT2D eigenvalue weighted by Crippen LogP contribution is 1.90. The van der Waals surface area contributed by atoms with E-state index in [9.17, 15) is 9.59 Å². The van der Waals surface area contributed by atoms with Crippen molar-refractivity contribution in [3.8, 4) is 0 Å². The molecule has 1 unspecified atom stereocenters. The van der Waals surface area contributed by atoms with Gasteiger partial charge in [0.2, 0.25) is 0 Å². The Bertz CT molecular complexity index is 419. The number of urea groups is 1. The van der Waals surface area contributed by atoms with Crippen molar-refractivity contribution in [3.05, 3.63) is 12.2 Å². The predicted molar refractivity (Wildman–Crippen MR) is 59.5 cm³/mol. The summed E-state index contributed by atoms with van der Waals surface area (Å²) in [6.07, 6.45) is -0.00863. The normalized spacial score (nSPS) is 11.9. The maximum atomic E-state index is 11.3. The fraction of sp³-hybridized carbons (Fsp3) is 0.556. The first-order chi connectivity index (χ1) is 8.49. The van der Waals surface area contributed by atoms with Crippen LogP contribution in [-0.4, -0.2) is 49.6 Å². The number of aliphatic hydroxyl groups is 1. The highest BCUT2D eigenvalue weighted by molar-refractivity contribution is 5.74. The Balaban J connectivity index is 2.16. The highest BCUT2D eigenvalue weighted by atomic mass is 16.4. The fourth-order valence-corrected chi connectivity index (χ4v) is 1.13. The summed E-state index contributed by atoms with van der Waals surface area (Å²) in [5.74, 6) is -0.840. The predicted octanol–water partition coefficient (Wildman–Crippen LogP) is -1.55. The van der Waals surface area contributed by atoms with Crippen molar-refractivity contribution in [3.63, 3.8) is 0 Å². The summed E-state index contributed by atoms with van der Waals surface area (Å²) >= 11 is 0. The van der Waals surface area contributed by atoms with E-state index in [0.29, 0.717) is 5.82 Å². The van der Waals surface area contributed by atoms with Gasteiger partial charge in [0.05, 0.1) is 6.54 Å². The number of aliphatic carboxylic acids is 1. The van der Waals surface area contributed by atoms with E-state index in [2.05, 4.69) is 20.7 Å². The van der Waals surface area contributed by atoms with Gasteiger partial charge >= 0.3 is 12.0 Å². The molecule has 0 aromatic carbocycles. The summed E-state index contributed by atoms with van der Waals surface area (Å²) in [6.45, 7) is 0.239. The highest BCUT2D eigenvalue weighted by Gasteiger charge is 2.12. The number of carbonyl (C=O) groups excluding carboxylic acids is 1. The molecule has 0 aliphatic heterocycles. The molecule has 0 spiro atoms. The van der Waals surface area contributed by atoms with Crippen LogP contribution in [-0.2, 0) is 18.4 Å². The molecule has 9 nitrogen and oxygen atoms in total. The minimum atomic E-state index is -1.47. The number of hydrogen-bond acceptors (Lipinski definition) is 5. The third kappa shape index (κ3) is 4.78. The van der Waals surface area contributed by atoms with E-state index in [1.165, 1.54) is 11.0 Å². The second-order valence-corrected chi connectivity index (χ2v) is 3.59. The number of carbonyl (C=O) groups is 2. The number of carboxylic acids is 1. The lowest BCUT2D eigenvalue weighted by Crippen LogP contribution is -2.37. The number of nitrogens with zero attached hydrogens (tertiary/aromatic N) is 3. The molecule has 1 aromatic heterocycles. The quantitative estimate of drug-likeness (QED) is 0.488. The first kappa shape index (κ1) is 13.9. The Morgan fingerprint density at radius 3 is 2.78 bits per heavy atom. The standard InChI is InChI=1S/C9H15N5O4/c1-14-5-12-7(13-14)4-11-9(18)10-3-2-6(15)8(16)17/h5-6,15H,2-4H2,1H3,(H,16,17)(H2,10,11,18). The number of aryl methyl sites for hydroxylation is 1. The van der Waals surface area contributed by atoms with Crippen LogP contribution in [0.25, 0.3) is 0 Å². The van der Waals surface area contributed by atoms with Crippen molar-refractivity contribution in [2.45, 2.75) is 19.1 Å². The largest absolute Gasteiger partial charge is 0.479 e. The van der Waals surface area contributed by atoms with E-state index < -0.39 is 18.1 Å². The Labute approximate surface area is 103 Å². The third-order valence-corrected chi connectivity index (χ3v) is 2.04. The van der Waals surface area contributed by atoms with Crippen molar-refractivity contribution < 1.29 is 19.8 Å². The maximum Gasteiger partial charge on any atom is 0.332 e. The third-order valence-electron chi connectivity index (χ3n) is 2.04. The van der Waals surface area contributed by atoms with Crippen molar-refractivity contribution >= 4 is 12.0 Å². The Morgan fingerprint density at radius 2 is 2.22 bits per heavy atom. The molecule has 100 valence electrons. The Morgan fingerprint density at radius 1 is 1.50 bits per heavy atom. The number of hydrogen-bond donors (Lipinski definition) is 4. The molecule has 1 aromatic rings. The van der Waals surface area contributed by atoms with E-state index in [0.717, 1.165) is 0 Å². The van der Waals surface area contributed by atoms with Gasteiger partial charge in [-0.15, -0.1) is 0 Å². The van der Waals surface area contributed by atoms with Gasteiger partial charge in [0, 0.05) is 20.0 Å². The molecule has 9 heteroatoms. The average molecular weight is 257 g/mol. The minimum absolute atomic E-state index is 0.0510. The number of rotatable bonds is 6. The van der Waals surface area contributed by atoms with Crippen LogP contribution < -0.4 is 10.6 Å². The monoisotopic (exact) mass is 257 g/mol. The molecule has 1 heterocycles. The van der Waals surface area contributed by atoms with E-state index in [1.54, 1.807) is 7.05 Å². The van der Waals surface area contributed by atoms with Crippen molar-refractivity contribution in [1.29, 1.82) is 0 Å². The lowest BCUT2D eigenvalue weighted by Gasteiger charge is -2.07. The molecule has 2 amide bonds. The van der Waals surface area contributed by atoms with Crippen molar-refractivity contribution in [1.82, 2.24) is 25.4 Å². The number of aromatic nitrogens is 3. The van der Waals surface area contributed by atoms with Crippen LogP contribution in [0, 0.1) is 0 Å². The van der Waals surface area contributed by atoms with Crippen LogP contribution in [0.1, 0.15) is 12.2 Å². The van der Waals surface area contributed by atoms with Gasteiger partial charge in [-0.2, -0.15) is 5.10 Å². The molecule has 0 bridgehead atoms. The molecule has 18 heavy (non-hydrogen) atoms.